The number of benzene rings is 2. The quantitative estimate of drug-likeness (QED) is 0.236. The Labute approximate surface area is 188 Å². The van der Waals surface area contributed by atoms with Crippen LogP contribution in [-0.2, 0) is 22.6 Å². The maximum Gasteiger partial charge on any atom is 0.417 e. The Morgan fingerprint density at radius 3 is 2.39 bits per heavy atom. The normalized spacial score (nSPS) is 11.8. The molecule has 0 amide bonds. The number of hydrogen-bond donors (Lipinski definition) is 2. The fourth-order valence-corrected chi connectivity index (χ4v) is 4.11. The van der Waals surface area contributed by atoms with E-state index in [1.807, 2.05) is 0 Å². The molecule has 6 nitrogen and oxygen atoms in total. The minimum absolute atomic E-state index is 0.109. The van der Waals surface area contributed by atoms with E-state index in [1.54, 1.807) is 24.6 Å². The lowest BCUT2D eigenvalue weighted by Crippen LogP contribution is -2.34. The summed E-state index contributed by atoms with van der Waals surface area (Å²) in [7, 11) is -3.32. The summed E-state index contributed by atoms with van der Waals surface area (Å²) in [5.41, 5.74) is 2.39. The second-order valence-electron chi connectivity index (χ2n) is 6.53. The molecule has 31 heavy (non-hydrogen) atoms. The van der Waals surface area contributed by atoms with Gasteiger partial charge in [0.05, 0.1) is 28.4 Å². The molecule has 2 aromatic rings. The molecule has 0 aliphatic heterocycles. The van der Waals surface area contributed by atoms with Crippen molar-refractivity contribution in [2.24, 2.45) is 0 Å². The Hall–Kier alpha value is -2.13. The maximum atomic E-state index is 13.9. The molecule has 0 fully saturated rings. The number of sulfonamides is 1. The Morgan fingerprint density at radius 2 is 1.87 bits per heavy atom. The monoisotopic (exact) mass is 492 g/mol. The van der Waals surface area contributed by atoms with Gasteiger partial charge < -0.3 is 0 Å². The largest absolute Gasteiger partial charge is 0.417 e. The predicted molar refractivity (Wildman–Crippen MR) is 118 cm³/mol. The van der Waals surface area contributed by atoms with Crippen LogP contribution in [0.3, 0.4) is 0 Å². The molecule has 0 atom stereocenters. The Bertz CT molecular complexity index is 1060. The van der Waals surface area contributed by atoms with E-state index in [9.17, 15) is 21.6 Å². The SMILES string of the molecule is CSCN(NC#N)c1cc(Cl)c(-c2ccc(CCNS(C)(=O)=O)cc2)c(C(F)(F)F)c1. The zero-order valence-electron chi connectivity index (χ0n) is 16.6. The minimum atomic E-state index is -4.68. The summed E-state index contributed by atoms with van der Waals surface area (Å²) in [5.74, 6) is 0.233. The highest BCUT2D eigenvalue weighted by Crippen LogP contribution is 2.43. The first-order valence-corrected chi connectivity index (χ1v) is 12.5. The van der Waals surface area contributed by atoms with Crippen molar-refractivity contribution in [3.05, 3.63) is 52.5 Å². The lowest BCUT2D eigenvalue weighted by atomic mass is 9.97. The number of halogens is 4. The lowest BCUT2D eigenvalue weighted by molar-refractivity contribution is -0.137. The summed E-state index contributed by atoms with van der Waals surface area (Å²) >= 11 is 7.59. The third-order valence-electron chi connectivity index (χ3n) is 4.16. The molecule has 2 aromatic carbocycles. The van der Waals surface area contributed by atoms with Crippen LogP contribution in [-0.4, -0.2) is 33.4 Å². The minimum Gasteiger partial charge on any atom is -0.269 e. The average molecular weight is 493 g/mol. The molecule has 0 spiro atoms. The van der Waals surface area contributed by atoms with Gasteiger partial charge in [-0.25, -0.2) is 18.6 Å². The Kier molecular flexibility index (Phi) is 8.48. The Balaban J connectivity index is 2.42. The molecule has 2 rings (SSSR count). The second kappa shape index (κ2) is 10.5. The van der Waals surface area contributed by atoms with Crippen LogP contribution < -0.4 is 15.2 Å². The third kappa shape index (κ3) is 7.21. The molecule has 168 valence electrons. The molecule has 0 heterocycles. The first-order chi connectivity index (χ1) is 14.5. The molecule has 0 unspecified atom stereocenters. The second-order valence-corrected chi connectivity index (χ2v) is 9.61. The molecule has 0 bridgehead atoms. The number of nitrogens with one attached hydrogen (secondary N) is 2. The lowest BCUT2D eigenvalue weighted by Gasteiger charge is -2.24. The summed E-state index contributed by atoms with van der Waals surface area (Å²) in [4.78, 5) is 0. The van der Waals surface area contributed by atoms with Gasteiger partial charge in [0.25, 0.3) is 0 Å². The van der Waals surface area contributed by atoms with Crippen molar-refractivity contribution in [1.82, 2.24) is 10.1 Å². The highest BCUT2D eigenvalue weighted by atomic mass is 35.5. The van der Waals surface area contributed by atoms with Crippen LogP contribution in [0.4, 0.5) is 18.9 Å². The van der Waals surface area contributed by atoms with Crippen molar-refractivity contribution in [1.29, 1.82) is 5.26 Å². The van der Waals surface area contributed by atoms with Crippen LogP contribution in [0.25, 0.3) is 11.1 Å². The topological polar surface area (TPSA) is 85.2 Å². The number of anilines is 1. The summed E-state index contributed by atoms with van der Waals surface area (Å²) in [6.45, 7) is 0.179. The van der Waals surface area contributed by atoms with Crippen molar-refractivity contribution in [2.75, 3.05) is 29.9 Å². The van der Waals surface area contributed by atoms with Crippen LogP contribution in [0, 0.1) is 11.5 Å². The fraction of sp³-hybridized carbons (Fsp3) is 0.316. The Morgan fingerprint density at radius 1 is 1.23 bits per heavy atom. The highest BCUT2D eigenvalue weighted by molar-refractivity contribution is 7.98. The molecule has 0 aliphatic carbocycles. The van der Waals surface area contributed by atoms with Gasteiger partial charge >= 0.3 is 6.18 Å². The number of hydrazine groups is 1. The molecule has 0 aromatic heterocycles. The molecule has 0 aliphatic rings. The van der Waals surface area contributed by atoms with Crippen molar-refractivity contribution in [2.45, 2.75) is 12.6 Å². The molecule has 0 saturated carbocycles. The van der Waals surface area contributed by atoms with Gasteiger partial charge in [0.1, 0.15) is 0 Å². The van der Waals surface area contributed by atoms with Gasteiger partial charge in [-0.1, -0.05) is 35.9 Å². The van der Waals surface area contributed by atoms with Crippen molar-refractivity contribution in [3.8, 4) is 17.3 Å². The summed E-state index contributed by atoms with van der Waals surface area (Å²) in [5, 5.41) is 10.0. The summed E-state index contributed by atoms with van der Waals surface area (Å²) in [6.07, 6.45) is 0.210. The number of thioether (sulfide) groups is 1. The highest BCUT2D eigenvalue weighted by Gasteiger charge is 2.36. The van der Waals surface area contributed by atoms with Gasteiger partial charge in [-0.2, -0.15) is 18.4 Å². The van der Waals surface area contributed by atoms with E-state index in [-0.39, 0.29) is 34.3 Å². The molecule has 12 heteroatoms. The number of rotatable bonds is 9. The number of alkyl halides is 3. The first kappa shape index (κ1) is 25.1. The van der Waals surface area contributed by atoms with E-state index in [0.717, 1.165) is 17.9 Å². The van der Waals surface area contributed by atoms with Gasteiger partial charge in [0, 0.05) is 12.1 Å². The summed E-state index contributed by atoms with van der Waals surface area (Å²) < 4.78 is 66.2. The van der Waals surface area contributed by atoms with Gasteiger partial charge in [-0.05, 0) is 35.9 Å². The first-order valence-electron chi connectivity index (χ1n) is 8.82. The maximum absolute atomic E-state index is 13.9. The molecule has 0 saturated heterocycles. The molecular formula is C19H20ClF3N4O2S2. The fourth-order valence-electron chi connectivity index (χ4n) is 2.84. The van der Waals surface area contributed by atoms with Crippen LogP contribution >= 0.6 is 23.4 Å². The number of nitrogens with zero attached hydrogens (tertiary/aromatic N) is 2. The van der Waals surface area contributed by atoms with Crippen molar-refractivity contribution >= 4 is 39.1 Å². The zero-order chi connectivity index (χ0) is 23.2. The van der Waals surface area contributed by atoms with Crippen LogP contribution in [0.5, 0.6) is 0 Å². The van der Waals surface area contributed by atoms with Gasteiger partial charge in [0.2, 0.25) is 10.0 Å². The van der Waals surface area contributed by atoms with Crippen LogP contribution in [0.2, 0.25) is 5.02 Å². The van der Waals surface area contributed by atoms with Gasteiger partial charge in [0.15, 0.2) is 6.19 Å². The van der Waals surface area contributed by atoms with E-state index in [4.69, 9.17) is 16.9 Å². The van der Waals surface area contributed by atoms with E-state index in [1.165, 1.54) is 35.0 Å². The predicted octanol–water partition coefficient (Wildman–Crippen LogP) is 4.23. The van der Waals surface area contributed by atoms with E-state index >= 15 is 0 Å². The van der Waals surface area contributed by atoms with Crippen molar-refractivity contribution < 1.29 is 21.6 Å². The van der Waals surface area contributed by atoms with E-state index < -0.39 is 21.8 Å². The van der Waals surface area contributed by atoms with Gasteiger partial charge in [-0.15, -0.1) is 11.8 Å². The third-order valence-corrected chi connectivity index (χ3v) is 5.70. The van der Waals surface area contributed by atoms with Gasteiger partial charge in [-0.3, -0.25) is 5.01 Å². The van der Waals surface area contributed by atoms with E-state index in [0.29, 0.717) is 6.42 Å². The smallest absolute Gasteiger partial charge is 0.269 e. The number of nitriles is 1. The molecular weight excluding hydrogens is 473 g/mol. The number of hydrogen-bond acceptors (Lipinski definition) is 6. The summed E-state index contributed by atoms with van der Waals surface area (Å²) in [6, 6.07) is 8.60. The van der Waals surface area contributed by atoms with Crippen LogP contribution in [0.15, 0.2) is 36.4 Å². The van der Waals surface area contributed by atoms with Crippen molar-refractivity contribution in [3.63, 3.8) is 0 Å². The van der Waals surface area contributed by atoms with E-state index in [2.05, 4.69) is 10.1 Å². The standard InChI is InChI=1S/C19H20ClF3N4O2S2/c1-30-12-27(25-11-24)15-9-16(19(21,22)23)18(17(20)10-15)14-5-3-13(4-6-14)7-8-26-31(2,28)29/h3-6,9-10,25-26H,7-8,12H2,1-2H3. The molecule has 2 N–H and O–H groups in total. The molecule has 0 radical (unpaired) electrons. The van der Waals surface area contributed by atoms with Crippen LogP contribution in [0.1, 0.15) is 11.1 Å². The average Bonchev–Trinajstić information content (AvgIpc) is 2.66. The zero-order valence-corrected chi connectivity index (χ0v) is 19.0.